The van der Waals surface area contributed by atoms with Crippen molar-refractivity contribution in [2.75, 3.05) is 24.7 Å². The summed E-state index contributed by atoms with van der Waals surface area (Å²) in [6, 6.07) is 18.4. The third-order valence-corrected chi connectivity index (χ3v) is 7.38. The lowest BCUT2D eigenvalue weighted by atomic mass is 10.0. The average molecular weight is 541 g/mol. The minimum Gasteiger partial charge on any atom is -0.465 e. The quantitative estimate of drug-likeness (QED) is 0.431. The fourth-order valence-electron chi connectivity index (χ4n) is 4.47. The van der Waals surface area contributed by atoms with Crippen LogP contribution in [0.3, 0.4) is 0 Å². The number of nitrogens with zero attached hydrogens (tertiary/aromatic N) is 1. The minimum atomic E-state index is -0.653. The van der Waals surface area contributed by atoms with E-state index in [-0.39, 0.29) is 31.1 Å². The summed E-state index contributed by atoms with van der Waals surface area (Å²) in [5, 5.41) is 3.30. The van der Waals surface area contributed by atoms with Crippen LogP contribution in [0.1, 0.15) is 45.2 Å². The first-order valence-electron chi connectivity index (χ1n) is 13.3. The van der Waals surface area contributed by atoms with Crippen molar-refractivity contribution in [1.29, 1.82) is 0 Å². The molecule has 0 radical (unpaired) electrons. The first kappa shape index (κ1) is 29.7. The van der Waals surface area contributed by atoms with E-state index in [9.17, 15) is 14.4 Å². The fourth-order valence-corrected chi connectivity index (χ4v) is 5.65. The van der Waals surface area contributed by atoms with Crippen LogP contribution in [0, 0.1) is 0 Å². The summed E-state index contributed by atoms with van der Waals surface area (Å²) < 4.78 is 10.9. The van der Waals surface area contributed by atoms with Gasteiger partial charge in [0, 0.05) is 17.5 Å². The Kier molecular flexibility index (Phi) is 11.2. The molecule has 0 aliphatic carbocycles. The Labute approximate surface area is 230 Å². The number of aryl methyl sites for hydroxylation is 1. The Bertz CT molecular complexity index is 1040. The summed E-state index contributed by atoms with van der Waals surface area (Å²) in [7, 11) is 0. The molecule has 7 nitrogen and oxygen atoms in total. The highest BCUT2D eigenvalue weighted by molar-refractivity contribution is 7.99. The van der Waals surface area contributed by atoms with Crippen LogP contribution in [0.4, 0.5) is 0 Å². The van der Waals surface area contributed by atoms with Gasteiger partial charge in [-0.1, -0.05) is 60.7 Å². The number of esters is 2. The van der Waals surface area contributed by atoms with Gasteiger partial charge >= 0.3 is 11.9 Å². The van der Waals surface area contributed by atoms with Crippen LogP contribution in [-0.2, 0) is 36.7 Å². The van der Waals surface area contributed by atoms with Crippen molar-refractivity contribution in [3.05, 3.63) is 71.8 Å². The second-order valence-electron chi connectivity index (χ2n) is 10.5. The summed E-state index contributed by atoms with van der Waals surface area (Å²) in [5.41, 5.74) is 1.55. The van der Waals surface area contributed by atoms with Crippen LogP contribution >= 0.6 is 11.8 Å². The zero-order valence-electron chi connectivity index (χ0n) is 22.9. The molecule has 1 unspecified atom stereocenters. The molecule has 8 heteroatoms. The van der Waals surface area contributed by atoms with E-state index in [0.717, 1.165) is 11.1 Å². The van der Waals surface area contributed by atoms with Gasteiger partial charge in [-0.15, -0.1) is 0 Å². The fraction of sp³-hybridized carbons (Fsp3) is 0.500. The standard InChI is InChI=1S/C30H40N2O5S/c1-5-36-29(35)25(17-16-22-12-8-6-9-13-22)31-26-21-38-20-24(18-23-14-10-7-11-15-23)32(28(26)34)19-27(33)37-30(2,3)4/h6-15,24-26,31H,5,16-21H2,1-4H3/t24-,25?,26-/m0/s1. The van der Waals surface area contributed by atoms with Gasteiger partial charge in [0.15, 0.2) is 0 Å². The second-order valence-corrected chi connectivity index (χ2v) is 11.6. The Morgan fingerprint density at radius 3 is 2.26 bits per heavy atom. The molecule has 1 amide bonds. The molecular formula is C30H40N2O5S. The molecule has 1 heterocycles. The molecule has 38 heavy (non-hydrogen) atoms. The van der Waals surface area contributed by atoms with Crippen molar-refractivity contribution in [2.45, 2.75) is 70.7 Å². The zero-order chi connectivity index (χ0) is 27.5. The van der Waals surface area contributed by atoms with E-state index in [1.54, 1.807) is 23.6 Å². The van der Waals surface area contributed by atoms with Crippen molar-refractivity contribution in [2.24, 2.45) is 0 Å². The van der Waals surface area contributed by atoms with E-state index in [1.807, 2.05) is 81.4 Å². The third kappa shape index (κ3) is 9.48. The summed E-state index contributed by atoms with van der Waals surface area (Å²) in [5.74, 6) is 0.160. The highest BCUT2D eigenvalue weighted by atomic mass is 32.2. The summed E-state index contributed by atoms with van der Waals surface area (Å²) in [4.78, 5) is 41.3. The van der Waals surface area contributed by atoms with E-state index in [1.165, 1.54) is 0 Å². The van der Waals surface area contributed by atoms with Gasteiger partial charge in [-0.05, 0) is 58.1 Å². The number of rotatable bonds is 11. The number of thioether (sulfide) groups is 1. The molecule has 3 rings (SSSR count). The molecule has 0 aromatic heterocycles. The molecule has 1 aliphatic rings. The molecule has 2 aromatic rings. The van der Waals surface area contributed by atoms with Crippen LogP contribution in [0.2, 0.25) is 0 Å². The molecule has 1 N–H and O–H groups in total. The molecule has 1 aliphatic heterocycles. The van der Waals surface area contributed by atoms with E-state index >= 15 is 0 Å². The van der Waals surface area contributed by atoms with Crippen LogP contribution in [-0.4, -0.2) is 71.1 Å². The molecule has 3 atom stereocenters. The zero-order valence-corrected chi connectivity index (χ0v) is 23.7. The number of hydrogen-bond donors (Lipinski definition) is 1. The van der Waals surface area contributed by atoms with Crippen molar-refractivity contribution in [1.82, 2.24) is 10.2 Å². The third-order valence-electron chi connectivity index (χ3n) is 6.19. The van der Waals surface area contributed by atoms with E-state index in [4.69, 9.17) is 9.47 Å². The Morgan fingerprint density at radius 2 is 1.66 bits per heavy atom. The van der Waals surface area contributed by atoms with Crippen molar-refractivity contribution in [3.8, 4) is 0 Å². The van der Waals surface area contributed by atoms with Crippen LogP contribution in [0.25, 0.3) is 0 Å². The van der Waals surface area contributed by atoms with Gasteiger partial charge in [0.05, 0.1) is 12.6 Å². The van der Waals surface area contributed by atoms with Crippen LogP contribution < -0.4 is 5.32 Å². The lowest BCUT2D eigenvalue weighted by Crippen LogP contribution is -2.56. The van der Waals surface area contributed by atoms with E-state index in [2.05, 4.69) is 5.32 Å². The van der Waals surface area contributed by atoms with Crippen LogP contribution in [0.5, 0.6) is 0 Å². The van der Waals surface area contributed by atoms with Crippen molar-refractivity contribution in [3.63, 3.8) is 0 Å². The SMILES string of the molecule is CCOC(=O)C(CCc1ccccc1)N[C@H]1CSC[C@H](Cc2ccccc2)N(CC(=O)OC(C)(C)C)C1=O. The number of hydrogen-bond acceptors (Lipinski definition) is 7. The molecule has 0 spiro atoms. The predicted molar refractivity (Wildman–Crippen MR) is 151 cm³/mol. The van der Waals surface area contributed by atoms with Gasteiger partial charge in [-0.25, -0.2) is 0 Å². The molecule has 206 valence electrons. The largest absolute Gasteiger partial charge is 0.465 e. The van der Waals surface area contributed by atoms with Crippen molar-refractivity contribution < 1.29 is 23.9 Å². The maximum Gasteiger partial charge on any atom is 0.326 e. The first-order chi connectivity index (χ1) is 18.2. The molecule has 0 bridgehead atoms. The highest BCUT2D eigenvalue weighted by Gasteiger charge is 2.37. The topological polar surface area (TPSA) is 84.9 Å². The summed E-state index contributed by atoms with van der Waals surface area (Å²) in [6.45, 7) is 7.34. The number of amides is 1. The van der Waals surface area contributed by atoms with Crippen molar-refractivity contribution >= 4 is 29.6 Å². The second kappa shape index (κ2) is 14.4. The number of ether oxygens (including phenoxy) is 2. The summed E-state index contributed by atoms with van der Waals surface area (Å²) >= 11 is 1.65. The monoisotopic (exact) mass is 540 g/mol. The average Bonchev–Trinajstić information content (AvgIpc) is 3.01. The van der Waals surface area contributed by atoms with Gasteiger partial charge in [0.1, 0.15) is 18.2 Å². The Balaban J connectivity index is 1.80. The molecule has 0 saturated carbocycles. The highest BCUT2D eigenvalue weighted by Crippen LogP contribution is 2.23. The van der Waals surface area contributed by atoms with E-state index < -0.39 is 23.7 Å². The first-order valence-corrected chi connectivity index (χ1v) is 14.4. The Hall–Kier alpha value is -2.84. The molecule has 2 aromatic carbocycles. The molecule has 1 fully saturated rings. The number of nitrogens with one attached hydrogen (secondary N) is 1. The van der Waals surface area contributed by atoms with Gasteiger partial charge < -0.3 is 14.4 Å². The normalized spacial score (nSPS) is 18.9. The smallest absolute Gasteiger partial charge is 0.326 e. The van der Waals surface area contributed by atoms with Gasteiger partial charge in [-0.2, -0.15) is 11.8 Å². The van der Waals surface area contributed by atoms with Gasteiger partial charge in [-0.3, -0.25) is 19.7 Å². The Morgan fingerprint density at radius 1 is 1.03 bits per heavy atom. The number of carbonyl (C=O) groups is 3. The molecule has 1 saturated heterocycles. The minimum absolute atomic E-state index is 0.138. The van der Waals surface area contributed by atoms with E-state index in [0.29, 0.717) is 30.8 Å². The summed E-state index contributed by atoms with van der Waals surface area (Å²) in [6.07, 6.45) is 1.80. The predicted octanol–water partition coefficient (Wildman–Crippen LogP) is 4.04. The van der Waals surface area contributed by atoms with Crippen LogP contribution in [0.15, 0.2) is 60.7 Å². The molecular weight excluding hydrogens is 500 g/mol. The number of benzene rings is 2. The lowest BCUT2D eigenvalue weighted by molar-refractivity contribution is -0.160. The maximum atomic E-state index is 13.9. The lowest BCUT2D eigenvalue weighted by Gasteiger charge is -2.33. The van der Waals surface area contributed by atoms with Gasteiger partial charge in [0.2, 0.25) is 5.91 Å². The maximum absolute atomic E-state index is 13.9. The van der Waals surface area contributed by atoms with Gasteiger partial charge in [0.25, 0.3) is 0 Å². The number of carbonyl (C=O) groups excluding carboxylic acids is 3.